The summed E-state index contributed by atoms with van der Waals surface area (Å²) < 4.78 is 28.8. The second-order valence-electron chi connectivity index (χ2n) is 5.99. The molecule has 0 radical (unpaired) electrons. The lowest BCUT2D eigenvalue weighted by Crippen LogP contribution is -2.45. The number of alkyl halides is 1. The van der Waals surface area contributed by atoms with Crippen molar-refractivity contribution in [1.82, 2.24) is 14.9 Å². The summed E-state index contributed by atoms with van der Waals surface area (Å²) in [6.45, 7) is 0. The summed E-state index contributed by atoms with van der Waals surface area (Å²) in [5, 5.41) is 3.11. The smallest absolute Gasteiger partial charge is 0.311 e. The molecule has 0 aliphatic carbocycles. The summed E-state index contributed by atoms with van der Waals surface area (Å²) >= 11 is 11.7. The highest BCUT2D eigenvalue weighted by Crippen LogP contribution is 2.50. The molecule has 2 aliphatic heterocycles. The van der Waals surface area contributed by atoms with E-state index in [1.54, 1.807) is 6.07 Å². The summed E-state index contributed by atoms with van der Waals surface area (Å²) in [5.74, 6) is -0.603. The Bertz CT molecular complexity index is 866. The first-order valence-electron chi connectivity index (χ1n) is 7.66. The third kappa shape index (κ3) is 2.62. The third-order valence-corrected chi connectivity index (χ3v) is 5.37. The molecule has 2 aromatic heterocycles. The van der Waals surface area contributed by atoms with E-state index in [0.717, 1.165) is 0 Å². The van der Waals surface area contributed by atoms with Gasteiger partial charge in [0.15, 0.2) is 6.17 Å². The Hall–Kier alpha value is -1.99. The lowest BCUT2D eigenvalue weighted by molar-refractivity contribution is 0.120. The first kappa shape index (κ1) is 16.5. The molecule has 1 N–H and O–H groups in total. The molecule has 2 aromatic rings. The predicted octanol–water partition coefficient (Wildman–Crippen LogP) is 4.68. The van der Waals surface area contributed by atoms with Crippen molar-refractivity contribution in [3.05, 3.63) is 51.6 Å². The van der Waals surface area contributed by atoms with Crippen molar-refractivity contribution in [1.29, 1.82) is 0 Å². The summed E-state index contributed by atoms with van der Waals surface area (Å²) in [6, 6.07) is 1.34. The van der Waals surface area contributed by atoms with Crippen LogP contribution in [0.25, 0.3) is 0 Å². The van der Waals surface area contributed by atoms with E-state index in [2.05, 4.69) is 15.3 Å². The van der Waals surface area contributed by atoms with Crippen molar-refractivity contribution in [2.75, 3.05) is 5.32 Å². The van der Waals surface area contributed by atoms with E-state index in [1.807, 2.05) is 0 Å². The van der Waals surface area contributed by atoms with Crippen LogP contribution in [0.15, 0.2) is 24.5 Å². The maximum atomic E-state index is 14.8. The molecule has 1 fully saturated rings. The largest absolute Gasteiger partial charge is 0.323 e. The maximum Gasteiger partial charge on any atom is 0.323 e. The van der Waals surface area contributed by atoms with Crippen LogP contribution in [0.2, 0.25) is 10.0 Å². The maximum absolute atomic E-state index is 14.8. The molecule has 0 unspecified atom stereocenters. The second kappa shape index (κ2) is 6.07. The quantitative estimate of drug-likeness (QED) is 0.725. The SMILES string of the molecule is O=C(Nc1cc(Cl)c(Cl)cn1)N1[C@@H]2CC[C@H]1[C@@H](F)c1c2ccnc1F. The molecule has 2 amide bonds. The zero-order chi connectivity index (χ0) is 17.7. The van der Waals surface area contributed by atoms with Gasteiger partial charge in [0.2, 0.25) is 5.95 Å². The molecular formula is C16H12Cl2F2N4O. The average molecular weight is 385 g/mol. The van der Waals surface area contributed by atoms with Crippen LogP contribution in [0.4, 0.5) is 19.4 Å². The van der Waals surface area contributed by atoms with Gasteiger partial charge in [-0.1, -0.05) is 23.2 Å². The highest BCUT2D eigenvalue weighted by molar-refractivity contribution is 6.42. The molecule has 130 valence electrons. The Morgan fingerprint density at radius 1 is 1.28 bits per heavy atom. The van der Waals surface area contributed by atoms with Crippen LogP contribution in [-0.4, -0.2) is 26.9 Å². The number of carbonyl (C=O) groups excluding carboxylic acids is 1. The predicted molar refractivity (Wildman–Crippen MR) is 88.9 cm³/mol. The lowest BCUT2D eigenvalue weighted by Gasteiger charge is -2.38. The molecule has 2 aliphatic rings. The first-order chi connectivity index (χ1) is 12.0. The number of hydrogen-bond donors (Lipinski definition) is 1. The molecule has 5 nitrogen and oxygen atoms in total. The van der Waals surface area contributed by atoms with Gasteiger partial charge in [0.05, 0.1) is 22.1 Å². The minimum absolute atomic E-state index is 0.0355. The number of anilines is 1. The molecule has 2 bridgehead atoms. The van der Waals surface area contributed by atoms with Crippen LogP contribution in [0, 0.1) is 5.95 Å². The summed E-state index contributed by atoms with van der Waals surface area (Å²) in [7, 11) is 0. The molecule has 9 heteroatoms. The number of nitrogens with one attached hydrogen (secondary N) is 1. The lowest BCUT2D eigenvalue weighted by atomic mass is 9.93. The number of aromatic nitrogens is 2. The van der Waals surface area contributed by atoms with E-state index >= 15 is 0 Å². The minimum Gasteiger partial charge on any atom is -0.311 e. The average Bonchev–Trinajstić information content (AvgIpc) is 2.96. The summed E-state index contributed by atoms with van der Waals surface area (Å²) in [6.07, 6.45) is 2.00. The van der Waals surface area contributed by atoms with Crippen molar-refractivity contribution in [3.8, 4) is 0 Å². The van der Waals surface area contributed by atoms with Gasteiger partial charge in [-0.2, -0.15) is 4.39 Å². The van der Waals surface area contributed by atoms with Crippen LogP contribution in [-0.2, 0) is 0 Å². The van der Waals surface area contributed by atoms with Gasteiger partial charge >= 0.3 is 6.03 Å². The molecule has 0 saturated carbocycles. The number of amides is 2. The van der Waals surface area contributed by atoms with Crippen LogP contribution < -0.4 is 5.32 Å². The summed E-state index contributed by atoms with van der Waals surface area (Å²) in [4.78, 5) is 21.6. The van der Waals surface area contributed by atoms with Crippen LogP contribution in [0.1, 0.15) is 36.2 Å². The Morgan fingerprint density at radius 3 is 2.84 bits per heavy atom. The number of urea groups is 1. The zero-order valence-corrected chi connectivity index (χ0v) is 14.2. The van der Waals surface area contributed by atoms with Crippen molar-refractivity contribution in [2.24, 2.45) is 0 Å². The fourth-order valence-corrected chi connectivity index (χ4v) is 3.85. The number of rotatable bonds is 1. The second-order valence-corrected chi connectivity index (χ2v) is 6.80. The number of carbonyl (C=O) groups is 1. The van der Waals surface area contributed by atoms with Gasteiger partial charge in [0, 0.05) is 24.0 Å². The molecule has 4 rings (SSSR count). The number of pyridine rings is 2. The molecule has 0 spiro atoms. The number of nitrogens with zero attached hydrogens (tertiary/aromatic N) is 3. The van der Waals surface area contributed by atoms with Crippen molar-refractivity contribution in [2.45, 2.75) is 31.1 Å². The topological polar surface area (TPSA) is 58.1 Å². The molecule has 4 heterocycles. The Labute approximate surface area is 152 Å². The normalized spacial score (nSPS) is 24.2. The van der Waals surface area contributed by atoms with Gasteiger partial charge in [-0.25, -0.2) is 19.2 Å². The first-order valence-corrected chi connectivity index (χ1v) is 8.41. The molecule has 25 heavy (non-hydrogen) atoms. The fraction of sp³-hybridized carbons (Fsp3) is 0.312. The number of hydrogen-bond acceptors (Lipinski definition) is 3. The van der Waals surface area contributed by atoms with Gasteiger partial charge in [-0.3, -0.25) is 5.32 Å². The standard InChI is InChI=1S/C16H12Cl2F2N4O/c17-8-5-12(22-6-9(8)18)23-16(25)24-10-1-2-11(24)14(19)13-7(10)3-4-21-15(13)20/h3-6,10-11,14H,1-2H2,(H,22,23,25)/t10-,11+,14-/m1/s1. The van der Waals surface area contributed by atoms with Gasteiger partial charge in [-0.05, 0) is 24.5 Å². The van der Waals surface area contributed by atoms with Gasteiger partial charge in [0.1, 0.15) is 5.82 Å². The van der Waals surface area contributed by atoms with Crippen molar-refractivity contribution < 1.29 is 13.6 Å². The van der Waals surface area contributed by atoms with Crippen LogP contribution in [0.5, 0.6) is 0 Å². The monoisotopic (exact) mass is 384 g/mol. The van der Waals surface area contributed by atoms with E-state index in [4.69, 9.17) is 23.2 Å². The minimum atomic E-state index is -1.62. The highest BCUT2D eigenvalue weighted by atomic mass is 35.5. The van der Waals surface area contributed by atoms with Gasteiger partial charge in [0.25, 0.3) is 0 Å². The number of fused-ring (bicyclic) bond motifs is 4. The Kier molecular flexibility index (Phi) is 4.00. The van der Waals surface area contributed by atoms with Gasteiger partial charge < -0.3 is 4.90 Å². The third-order valence-electron chi connectivity index (χ3n) is 4.65. The Morgan fingerprint density at radius 2 is 2.08 bits per heavy atom. The molecule has 0 aromatic carbocycles. The highest BCUT2D eigenvalue weighted by Gasteiger charge is 2.49. The van der Waals surface area contributed by atoms with E-state index in [0.29, 0.717) is 18.4 Å². The van der Waals surface area contributed by atoms with E-state index in [9.17, 15) is 13.6 Å². The van der Waals surface area contributed by atoms with Crippen LogP contribution in [0.3, 0.4) is 0 Å². The zero-order valence-electron chi connectivity index (χ0n) is 12.7. The van der Waals surface area contributed by atoms with Crippen molar-refractivity contribution in [3.63, 3.8) is 0 Å². The van der Waals surface area contributed by atoms with E-state index in [-0.39, 0.29) is 21.4 Å². The van der Waals surface area contributed by atoms with E-state index < -0.39 is 30.2 Å². The molecule has 3 atom stereocenters. The Balaban J connectivity index is 1.65. The molecule has 1 saturated heterocycles. The molecular weight excluding hydrogens is 373 g/mol. The van der Waals surface area contributed by atoms with Crippen LogP contribution >= 0.6 is 23.2 Å². The fourth-order valence-electron chi connectivity index (χ4n) is 3.60. The number of halogens is 4. The summed E-state index contributed by atoms with van der Waals surface area (Å²) in [5.41, 5.74) is 0.428. The van der Waals surface area contributed by atoms with Gasteiger partial charge in [-0.15, -0.1) is 0 Å². The van der Waals surface area contributed by atoms with Crippen molar-refractivity contribution >= 4 is 35.1 Å². The van der Waals surface area contributed by atoms with E-state index in [1.165, 1.54) is 23.4 Å².